The number of hydrogen-bond donors (Lipinski definition) is 2. The Labute approximate surface area is 92.1 Å². The molecule has 0 spiro atoms. The van der Waals surface area contributed by atoms with Gasteiger partial charge in [-0.2, -0.15) is 0 Å². The largest absolute Gasteiger partial charge is 0.507 e. The lowest BCUT2D eigenvalue weighted by Crippen LogP contribution is -1.98. The van der Waals surface area contributed by atoms with E-state index in [0.29, 0.717) is 5.75 Å². The summed E-state index contributed by atoms with van der Waals surface area (Å²) in [7, 11) is 0. The smallest absolute Gasteiger partial charge is 0.125 e. The number of hydrogen-bond acceptors (Lipinski definition) is 3. The zero-order valence-corrected chi connectivity index (χ0v) is 8.71. The Hall–Kier alpha value is -1.61. The third kappa shape index (κ3) is 1.27. The molecule has 0 radical (unpaired) electrons. The van der Waals surface area contributed by atoms with Gasteiger partial charge in [0.05, 0.1) is 5.69 Å². The summed E-state index contributed by atoms with van der Waals surface area (Å²) in [6.45, 7) is 0. The third-order valence-electron chi connectivity index (χ3n) is 2.47. The van der Waals surface area contributed by atoms with E-state index in [4.69, 9.17) is 0 Å². The van der Waals surface area contributed by atoms with Gasteiger partial charge in [0, 0.05) is 16.0 Å². The maximum atomic E-state index is 9.85. The molecule has 0 atom stereocenters. The first-order valence-corrected chi connectivity index (χ1v) is 5.52. The molecule has 2 N–H and O–H groups in total. The van der Waals surface area contributed by atoms with Crippen LogP contribution in [0.3, 0.4) is 0 Å². The fourth-order valence-corrected chi connectivity index (χ4v) is 2.60. The second-order valence-corrected chi connectivity index (χ2v) is 4.25. The van der Waals surface area contributed by atoms with Crippen molar-refractivity contribution in [3.63, 3.8) is 0 Å². The van der Waals surface area contributed by atoms with Crippen LogP contribution in [0.15, 0.2) is 47.4 Å². The lowest BCUT2D eigenvalue weighted by atomic mass is 10.0. The molecule has 0 saturated heterocycles. The molecule has 1 aliphatic heterocycles. The molecule has 3 heteroatoms. The van der Waals surface area contributed by atoms with Gasteiger partial charge in [0.15, 0.2) is 0 Å². The van der Waals surface area contributed by atoms with Crippen LogP contribution in [0.4, 0.5) is 5.69 Å². The van der Waals surface area contributed by atoms with Crippen molar-refractivity contribution in [2.75, 3.05) is 4.72 Å². The van der Waals surface area contributed by atoms with E-state index >= 15 is 0 Å². The lowest BCUT2D eigenvalue weighted by Gasteiger charge is -2.20. The van der Waals surface area contributed by atoms with Gasteiger partial charge in [-0.1, -0.05) is 24.3 Å². The van der Waals surface area contributed by atoms with E-state index in [9.17, 15) is 5.11 Å². The Morgan fingerprint density at radius 2 is 1.87 bits per heavy atom. The molecule has 2 nitrogen and oxygen atoms in total. The molecule has 0 fully saturated rings. The summed E-state index contributed by atoms with van der Waals surface area (Å²) in [4.78, 5) is 1.14. The Kier molecular flexibility index (Phi) is 1.86. The maximum Gasteiger partial charge on any atom is 0.125 e. The van der Waals surface area contributed by atoms with Gasteiger partial charge >= 0.3 is 0 Å². The van der Waals surface area contributed by atoms with Crippen molar-refractivity contribution in [2.45, 2.75) is 4.90 Å². The van der Waals surface area contributed by atoms with Gasteiger partial charge in [0.1, 0.15) is 5.75 Å². The lowest BCUT2D eigenvalue weighted by molar-refractivity contribution is 0.477. The van der Waals surface area contributed by atoms with Crippen LogP contribution in [0.1, 0.15) is 0 Å². The van der Waals surface area contributed by atoms with E-state index < -0.39 is 0 Å². The van der Waals surface area contributed by atoms with Crippen molar-refractivity contribution in [2.24, 2.45) is 0 Å². The van der Waals surface area contributed by atoms with Gasteiger partial charge in [0.25, 0.3) is 0 Å². The number of aromatic hydroxyl groups is 1. The summed E-state index contributed by atoms with van der Waals surface area (Å²) in [6, 6.07) is 13.6. The molecule has 0 aliphatic carbocycles. The molecule has 0 unspecified atom stereocenters. The summed E-state index contributed by atoms with van der Waals surface area (Å²) in [6.07, 6.45) is 0. The number of benzene rings is 2. The van der Waals surface area contributed by atoms with Gasteiger partial charge in [-0.05, 0) is 30.1 Å². The fraction of sp³-hybridized carbons (Fsp3) is 0. The first-order valence-electron chi connectivity index (χ1n) is 4.70. The van der Waals surface area contributed by atoms with Gasteiger partial charge in [-0.3, -0.25) is 0 Å². The average Bonchev–Trinajstić information content (AvgIpc) is 2.29. The summed E-state index contributed by atoms with van der Waals surface area (Å²) in [5, 5.41) is 9.85. The van der Waals surface area contributed by atoms with Crippen molar-refractivity contribution >= 4 is 17.6 Å². The van der Waals surface area contributed by atoms with Gasteiger partial charge in [0.2, 0.25) is 0 Å². The minimum Gasteiger partial charge on any atom is -0.507 e. The van der Waals surface area contributed by atoms with E-state index in [2.05, 4.69) is 4.72 Å². The van der Waals surface area contributed by atoms with E-state index in [1.165, 1.54) is 0 Å². The number of rotatable bonds is 0. The Bertz CT molecular complexity index is 525. The second-order valence-electron chi connectivity index (χ2n) is 3.40. The highest BCUT2D eigenvalue weighted by Gasteiger charge is 2.18. The normalized spacial score (nSPS) is 12.5. The number of fused-ring (bicyclic) bond motifs is 3. The van der Waals surface area contributed by atoms with Gasteiger partial charge in [-0.15, -0.1) is 0 Å². The number of phenolic OH excluding ortho intramolecular Hbond substituents is 1. The zero-order valence-electron chi connectivity index (χ0n) is 7.90. The van der Waals surface area contributed by atoms with Crippen LogP contribution in [-0.2, 0) is 0 Å². The van der Waals surface area contributed by atoms with E-state index in [-0.39, 0.29) is 0 Å². The quantitative estimate of drug-likeness (QED) is 0.660. The highest BCUT2D eigenvalue weighted by Crippen LogP contribution is 2.45. The summed E-state index contributed by atoms with van der Waals surface area (Å²) in [5.74, 6) is 0.327. The average molecular weight is 215 g/mol. The van der Waals surface area contributed by atoms with E-state index in [1.54, 1.807) is 18.0 Å². The molecule has 1 heterocycles. The Balaban J connectivity index is 2.33. The number of phenols is 1. The van der Waals surface area contributed by atoms with E-state index in [0.717, 1.165) is 21.7 Å². The highest BCUT2D eigenvalue weighted by molar-refractivity contribution is 8.00. The number of anilines is 1. The van der Waals surface area contributed by atoms with Crippen LogP contribution in [0.5, 0.6) is 5.75 Å². The van der Waals surface area contributed by atoms with Crippen molar-refractivity contribution in [3.05, 3.63) is 42.5 Å². The van der Waals surface area contributed by atoms with Crippen molar-refractivity contribution in [1.82, 2.24) is 0 Å². The van der Waals surface area contributed by atoms with Crippen molar-refractivity contribution in [3.8, 4) is 16.9 Å². The van der Waals surface area contributed by atoms with Crippen LogP contribution in [0.25, 0.3) is 11.1 Å². The molecule has 0 amide bonds. The van der Waals surface area contributed by atoms with Crippen LogP contribution < -0.4 is 4.72 Å². The third-order valence-corrected chi connectivity index (χ3v) is 3.37. The molecular formula is C12H9NOS. The minimum absolute atomic E-state index is 0.327. The van der Waals surface area contributed by atoms with Gasteiger partial charge < -0.3 is 9.83 Å². The first-order chi connectivity index (χ1) is 7.36. The topological polar surface area (TPSA) is 32.3 Å². The molecular weight excluding hydrogens is 206 g/mol. The zero-order chi connectivity index (χ0) is 10.3. The molecule has 1 aliphatic rings. The van der Waals surface area contributed by atoms with Crippen LogP contribution in [-0.4, -0.2) is 5.11 Å². The fourth-order valence-electron chi connectivity index (χ4n) is 1.78. The molecule has 0 aromatic heterocycles. The standard InChI is InChI=1S/C12H9NOS/c14-10-6-3-5-9-12(10)8-4-1-2-7-11(8)15-13-9/h1-7,13-14H. The molecule has 0 bridgehead atoms. The van der Waals surface area contributed by atoms with Crippen LogP contribution in [0.2, 0.25) is 0 Å². The summed E-state index contributed by atoms with van der Waals surface area (Å²) >= 11 is 1.58. The molecule has 3 rings (SSSR count). The van der Waals surface area contributed by atoms with Crippen LogP contribution in [0, 0.1) is 0 Å². The van der Waals surface area contributed by atoms with E-state index in [1.807, 2.05) is 36.4 Å². The Morgan fingerprint density at radius 3 is 2.80 bits per heavy atom. The van der Waals surface area contributed by atoms with Crippen LogP contribution >= 0.6 is 11.9 Å². The first kappa shape index (κ1) is 8.68. The summed E-state index contributed by atoms with van der Waals surface area (Å²) < 4.78 is 3.22. The highest BCUT2D eigenvalue weighted by atomic mass is 32.2. The molecule has 74 valence electrons. The second kappa shape index (κ2) is 3.21. The molecule has 2 aromatic carbocycles. The number of nitrogens with one attached hydrogen (secondary N) is 1. The summed E-state index contributed by atoms with van der Waals surface area (Å²) in [5.41, 5.74) is 2.96. The predicted octanol–water partition coefficient (Wildman–Crippen LogP) is 3.49. The molecule has 0 saturated carbocycles. The SMILES string of the molecule is Oc1cccc2c1-c1ccccc1SN2. The monoisotopic (exact) mass is 215 g/mol. The molecule has 2 aromatic rings. The van der Waals surface area contributed by atoms with Crippen molar-refractivity contribution in [1.29, 1.82) is 0 Å². The minimum atomic E-state index is 0.327. The molecule has 15 heavy (non-hydrogen) atoms. The predicted molar refractivity (Wildman–Crippen MR) is 63.0 cm³/mol. The maximum absolute atomic E-state index is 9.85. The Morgan fingerprint density at radius 1 is 1.00 bits per heavy atom. The van der Waals surface area contributed by atoms with Crippen molar-refractivity contribution < 1.29 is 5.11 Å². The van der Waals surface area contributed by atoms with Gasteiger partial charge in [-0.25, -0.2) is 0 Å².